The van der Waals surface area contributed by atoms with Gasteiger partial charge in [0.15, 0.2) is 0 Å². The van der Waals surface area contributed by atoms with E-state index in [4.69, 9.17) is 9.07 Å². The summed E-state index contributed by atoms with van der Waals surface area (Å²) in [5, 5.41) is 19.7. The molecule has 0 aliphatic heterocycles. The maximum absolute atomic E-state index is 10.7. The summed E-state index contributed by atoms with van der Waals surface area (Å²) in [6.07, 6.45) is 0. The van der Waals surface area contributed by atoms with Crippen LogP contribution < -0.4 is 5.46 Å². The molecule has 0 atom stereocenters. The lowest BCUT2D eigenvalue weighted by Crippen LogP contribution is -2.49. The number of fused-ring (bicyclic) bond motifs is 6. The highest BCUT2D eigenvalue weighted by Crippen LogP contribution is 2.42. The van der Waals surface area contributed by atoms with E-state index in [9.17, 15) is 5.11 Å². The van der Waals surface area contributed by atoms with Crippen LogP contribution in [0.15, 0.2) is 108 Å². The lowest BCUT2D eigenvalue weighted by atomic mass is 9.75. The van der Waals surface area contributed by atoms with E-state index in [1.54, 1.807) is 13.8 Å². The first kappa shape index (κ1) is 24.9. The van der Waals surface area contributed by atoms with Crippen LogP contribution in [0.5, 0.6) is 0 Å². The lowest BCUT2D eigenvalue weighted by Gasteiger charge is -2.37. The molecule has 0 unspecified atom stereocenters. The summed E-state index contributed by atoms with van der Waals surface area (Å²) >= 11 is 0. The molecule has 3 nitrogen and oxygen atoms in total. The van der Waals surface area contributed by atoms with Crippen LogP contribution in [0.4, 0.5) is 0 Å². The molecule has 0 aliphatic rings. The van der Waals surface area contributed by atoms with Crippen LogP contribution in [0.2, 0.25) is 0 Å². The van der Waals surface area contributed by atoms with Crippen LogP contribution in [-0.4, -0.2) is 23.8 Å². The summed E-state index contributed by atoms with van der Waals surface area (Å²) in [7, 11) is 1.82. The number of hydrogen-bond acceptors (Lipinski definition) is 3. The Morgan fingerprint density at radius 2 is 1.18 bits per heavy atom. The van der Waals surface area contributed by atoms with Crippen molar-refractivity contribution in [2.75, 3.05) is 0 Å². The molecule has 1 heterocycles. The molecule has 0 amide bonds. The average molecular weight is 521 g/mol. The monoisotopic (exact) mass is 521 g/mol. The fourth-order valence-electron chi connectivity index (χ4n) is 5.61. The molecule has 6 aromatic carbocycles. The summed E-state index contributed by atoms with van der Waals surface area (Å²) in [6, 6.07) is 36.1. The van der Waals surface area contributed by atoms with Crippen LogP contribution >= 0.6 is 0 Å². The van der Waals surface area contributed by atoms with Gasteiger partial charge in [-0.3, -0.25) is 0 Å². The Morgan fingerprint density at radius 1 is 0.625 bits per heavy atom. The van der Waals surface area contributed by atoms with Gasteiger partial charge in [0.2, 0.25) is 0 Å². The first-order valence-electron chi connectivity index (χ1n) is 13.7. The van der Waals surface area contributed by atoms with Crippen LogP contribution in [-0.2, 0) is 4.65 Å². The van der Waals surface area contributed by atoms with E-state index in [1.165, 1.54) is 10.8 Å². The molecule has 0 spiro atoms. The maximum Gasteiger partial charge on any atom is 0.332 e. The lowest BCUT2D eigenvalue weighted by molar-refractivity contribution is -0.0892. The molecule has 0 saturated carbocycles. The number of hydrogen-bond donors (Lipinski definition) is 1. The molecular formula is C36H30BO3. The van der Waals surface area contributed by atoms with Gasteiger partial charge >= 0.3 is 7.48 Å². The Bertz CT molecular complexity index is 2020. The molecule has 40 heavy (non-hydrogen) atoms. The van der Waals surface area contributed by atoms with E-state index < -0.39 is 11.2 Å². The summed E-state index contributed by atoms with van der Waals surface area (Å²) in [5.74, 6) is 0. The second-order valence-corrected chi connectivity index (χ2v) is 11.7. The molecule has 7 aromatic rings. The zero-order valence-corrected chi connectivity index (χ0v) is 23.2. The van der Waals surface area contributed by atoms with Gasteiger partial charge in [0.1, 0.15) is 11.2 Å². The molecule has 4 heteroatoms. The van der Waals surface area contributed by atoms with Crippen molar-refractivity contribution in [1.29, 1.82) is 0 Å². The minimum absolute atomic E-state index is 0.780. The third kappa shape index (κ3) is 3.82. The minimum Gasteiger partial charge on any atom is -0.455 e. The second-order valence-electron chi connectivity index (χ2n) is 11.7. The molecule has 195 valence electrons. The smallest absolute Gasteiger partial charge is 0.332 e. The third-order valence-corrected chi connectivity index (χ3v) is 8.55. The predicted octanol–water partition coefficient (Wildman–Crippen LogP) is 8.52. The quantitative estimate of drug-likeness (QED) is 0.182. The molecule has 1 aromatic heterocycles. The summed E-state index contributed by atoms with van der Waals surface area (Å²) in [5.41, 5.74) is 3.18. The van der Waals surface area contributed by atoms with E-state index in [1.807, 2.05) is 21.3 Å². The zero-order valence-electron chi connectivity index (χ0n) is 23.2. The molecule has 1 N–H and O–H groups in total. The normalized spacial score (nSPS) is 12.7. The Hall–Kier alpha value is -4.12. The van der Waals surface area contributed by atoms with Crippen LogP contribution in [0.25, 0.3) is 65.4 Å². The van der Waals surface area contributed by atoms with Gasteiger partial charge in [-0.05, 0) is 77.6 Å². The number of para-hydroxylation sites is 1. The maximum atomic E-state index is 10.7. The number of aliphatic hydroxyl groups is 1. The van der Waals surface area contributed by atoms with Crippen molar-refractivity contribution in [3.63, 3.8) is 0 Å². The van der Waals surface area contributed by atoms with Gasteiger partial charge in [-0.15, -0.1) is 0 Å². The van der Waals surface area contributed by atoms with Gasteiger partial charge in [0, 0.05) is 21.9 Å². The van der Waals surface area contributed by atoms with Crippen molar-refractivity contribution in [2.24, 2.45) is 0 Å². The molecule has 0 fully saturated rings. The first-order valence-corrected chi connectivity index (χ1v) is 13.7. The number of furan rings is 1. The Morgan fingerprint density at radius 3 is 1.80 bits per heavy atom. The van der Waals surface area contributed by atoms with Crippen LogP contribution in [0.1, 0.15) is 27.7 Å². The Balaban J connectivity index is 1.51. The topological polar surface area (TPSA) is 42.6 Å². The van der Waals surface area contributed by atoms with Crippen molar-refractivity contribution in [1.82, 2.24) is 0 Å². The Labute approximate surface area is 234 Å². The van der Waals surface area contributed by atoms with Crippen molar-refractivity contribution < 1.29 is 14.2 Å². The average Bonchev–Trinajstić information content (AvgIpc) is 3.31. The fourth-order valence-corrected chi connectivity index (χ4v) is 5.61. The molecular weight excluding hydrogens is 491 g/mol. The molecule has 0 aliphatic carbocycles. The largest absolute Gasteiger partial charge is 0.455 e. The first-order chi connectivity index (χ1) is 19.2. The number of benzene rings is 6. The van der Waals surface area contributed by atoms with Crippen molar-refractivity contribution in [3.8, 4) is 11.1 Å². The van der Waals surface area contributed by atoms with Gasteiger partial charge in [-0.2, -0.15) is 0 Å². The highest BCUT2D eigenvalue weighted by atomic mass is 16.5. The predicted molar refractivity (Wildman–Crippen MR) is 169 cm³/mol. The van der Waals surface area contributed by atoms with E-state index in [0.29, 0.717) is 0 Å². The molecule has 0 saturated heterocycles. The summed E-state index contributed by atoms with van der Waals surface area (Å²) in [6.45, 7) is 7.37. The van der Waals surface area contributed by atoms with Crippen molar-refractivity contribution in [2.45, 2.75) is 38.9 Å². The minimum atomic E-state index is -1.02. The standard InChI is InChI=1S/C36H30BO3/c1-35(2,38)36(3,4)40-37-33-26-16-9-7-14-24(26)32(25-15-8-10-17-27(25)33)29-19-11-18-28-30-20-22-12-5-6-13-23(22)21-31(30)39-34(28)29/h5-21,38H,1-4H3. The van der Waals surface area contributed by atoms with Gasteiger partial charge in [0.25, 0.3) is 0 Å². The van der Waals surface area contributed by atoms with Gasteiger partial charge in [-0.25, -0.2) is 0 Å². The van der Waals surface area contributed by atoms with Gasteiger partial charge in [0.05, 0.1) is 11.2 Å². The SMILES string of the molecule is CC(C)(O)C(C)(C)O[B]c1c2ccccc2c(-c2cccc3c2oc2cc4ccccc4cc23)c2ccccc12. The zero-order chi connectivity index (χ0) is 27.6. The van der Waals surface area contributed by atoms with Crippen molar-refractivity contribution in [3.05, 3.63) is 103 Å². The Kier molecular flexibility index (Phi) is 5.57. The van der Waals surface area contributed by atoms with Gasteiger partial charge in [-0.1, -0.05) is 91.0 Å². The van der Waals surface area contributed by atoms with E-state index in [-0.39, 0.29) is 0 Å². The highest BCUT2D eigenvalue weighted by molar-refractivity contribution is 6.57. The summed E-state index contributed by atoms with van der Waals surface area (Å²) in [4.78, 5) is 0. The second kappa shape index (κ2) is 8.95. The van der Waals surface area contributed by atoms with Crippen molar-refractivity contribution >= 4 is 67.2 Å². The third-order valence-electron chi connectivity index (χ3n) is 8.55. The molecule has 0 bridgehead atoms. The van der Waals surface area contributed by atoms with E-state index >= 15 is 0 Å². The summed E-state index contributed by atoms with van der Waals surface area (Å²) < 4.78 is 12.9. The fraction of sp³-hybridized carbons (Fsp3) is 0.167. The van der Waals surface area contributed by atoms with Crippen LogP contribution in [0, 0.1) is 0 Å². The molecule has 7 rings (SSSR count). The highest BCUT2D eigenvalue weighted by Gasteiger charge is 2.36. The number of rotatable bonds is 5. The van der Waals surface area contributed by atoms with Crippen LogP contribution in [0.3, 0.4) is 0 Å². The van der Waals surface area contributed by atoms with E-state index in [0.717, 1.165) is 60.1 Å². The van der Waals surface area contributed by atoms with Gasteiger partial charge < -0.3 is 14.2 Å². The van der Waals surface area contributed by atoms with E-state index in [2.05, 4.69) is 103 Å². The molecule has 1 radical (unpaired) electrons.